The largest absolute Gasteiger partial charge is 0.342 e. The second-order valence-corrected chi connectivity index (χ2v) is 6.15. The lowest BCUT2D eigenvalue weighted by Crippen LogP contribution is -2.44. The molecule has 0 aromatic heterocycles. The second kappa shape index (κ2) is 6.05. The maximum atomic E-state index is 12.8. The van der Waals surface area contributed by atoms with E-state index in [9.17, 15) is 4.79 Å². The van der Waals surface area contributed by atoms with Crippen LogP contribution in [0.4, 0.5) is 0 Å². The summed E-state index contributed by atoms with van der Waals surface area (Å²) in [6.07, 6.45) is 6.94. The Bertz CT molecular complexity index is 284. The molecule has 3 nitrogen and oxygen atoms in total. The maximum absolute atomic E-state index is 12.8. The van der Waals surface area contributed by atoms with E-state index in [0.29, 0.717) is 5.91 Å². The Morgan fingerprint density at radius 3 is 2.83 bits per heavy atom. The predicted octanol–water partition coefficient (Wildman–Crippen LogP) is 2.41. The first-order valence-corrected chi connectivity index (χ1v) is 7.72. The molecule has 0 bridgehead atoms. The van der Waals surface area contributed by atoms with Crippen LogP contribution in [0.2, 0.25) is 0 Å². The van der Waals surface area contributed by atoms with Gasteiger partial charge in [0.1, 0.15) is 0 Å². The zero-order valence-corrected chi connectivity index (χ0v) is 12.0. The van der Waals surface area contributed by atoms with Crippen molar-refractivity contribution in [3.8, 4) is 0 Å². The summed E-state index contributed by atoms with van der Waals surface area (Å²) in [6, 6.07) is 0. The van der Waals surface area contributed by atoms with Crippen LogP contribution in [0.5, 0.6) is 0 Å². The standard InChI is InChI=1S/C15H28N2O/c1-3-5-13-6-10-17(11-13)14(18)15(7-4-2)8-9-16-12-15/h13,16H,3-12H2,1-2H3. The number of hydrogen-bond acceptors (Lipinski definition) is 2. The molecule has 0 spiro atoms. The average Bonchev–Trinajstić information content (AvgIpc) is 2.99. The fourth-order valence-electron chi connectivity index (χ4n) is 3.72. The van der Waals surface area contributed by atoms with E-state index in [1.54, 1.807) is 0 Å². The summed E-state index contributed by atoms with van der Waals surface area (Å²) in [4.78, 5) is 15.0. The highest BCUT2D eigenvalue weighted by atomic mass is 16.2. The lowest BCUT2D eigenvalue weighted by atomic mass is 9.81. The van der Waals surface area contributed by atoms with Gasteiger partial charge in [0.25, 0.3) is 0 Å². The van der Waals surface area contributed by atoms with Gasteiger partial charge < -0.3 is 10.2 Å². The summed E-state index contributed by atoms with van der Waals surface area (Å²) in [6.45, 7) is 8.35. The zero-order valence-electron chi connectivity index (χ0n) is 12.0. The smallest absolute Gasteiger partial charge is 0.230 e. The molecule has 2 atom stereocenters. The quantitative estimate of drug-likeness (QED) is 0.815. The van der Waals surface area contributed by atoms with Crippen molar-refractivity contribution in [1.29, 1.82) is 0 Å². The highest BCUT2D eigenvalue weighted by Gasteiger charge is 2.44. The summed E-state index contributed by atoms with van der Waals surface area (Å²) < 4.78 is 0. The summed E-state index contributed by atoms with van der Waals surface area (Å²) in [5.74, 6) is 1.19. The van der Waals surface area contributed by atoms with Crippen LogP contribution in [0.25, 0.3) is 0 Å². The van der Waals surface area contributed by atoms with Gasteiger partial charge in [-0.3, -0.25) is 4.79 Å². The minimum atomic E-state index is -0.0736. The highest BCUT2D eigenvalue weighted by molar-refractivity contribution is 5.83. The van der Waals surface area contributed by atoms with Crippen LogP contribution in [0, 0.1) is 11.3 Å². The number of carbonyl (C=O) groups excluding carboxylic acids is 1. The summed E-state index contributed by atoms with van der Waals surface area (Å²) >= 11 is 0. The van der Waals surface area contributed by atoms with Gasteiger partial charge in [-0.05, 0) is 38.1 Å². The molecular formula is C15H28N2O. The molecule has 2 heterocycles. The van der Waals surface area contributed by atoms with Crippen LogP contribution in [-0.2, 0) is 4.79 Å². The van der Waals surface area contributed by atoms with Crippen LogP contribution in [0.3, 0.4) is 0 Å². The van der Waals surface area contributed by atoms with Crippen LogP contribution in [0.15, 0.2) is 0 Å². The van der Waals surface area contributed by atoms with Crippen molar-refractivity contribution < 1.29 is 4.79 Å². The Balaban J connectivity index is 1.97. The van der Waals surface area contributed by atoms with Crippen molar-refractivity contribution >= 4 is 5.91 Å². The van der Waals surface area contributed by atoms with E-state index in [1.165, 1.54) is 19.3 Å². The molecule has 1 N–H and O–H groups in total. The third kappa shape index (κ3) is 2.71. The number of rotatable bonds is 5. The van der Waals surface area contributed by atoms with Gasteiger partial charge in [-0.15, -0.1) is 0 Å². The Labute approximate surface area is 111 Å². The first kappa shape index (κ1) is 13.9. The number of nitrogens with zero attached hydrogens (tertiary/aromatic N) is 1. The number of nitrogens with one attached hydrogen (secondary N) is 1. The molecule has 1 amide bonds. The minimum absolute atomic E-state index is 0.0736. The van der Waals surface area contributed by atoms with Crippen molar-refractivity contribution in [3.63, 3.8) is 0 Å². The van der Waals surface area contributed by atoms with Crippen molar-refractivity contribution in [1.82, 2.24) is 10.2 Å². The Hall–Kier alpha value is -0.570. The van der Waals surface area contributed by atoms with Gasteiger partial charge in [-0.2, -0.15) is 0 Å². The molecule has 3 heteroatoms. The SMILES string of the molecule is CCCC1CCN(C(=O)C2(CCC)CCNC2)C1. The van der Waals surface area contributed by atoms with Crippen LogP contribution >= 0.6 is 0 Å². The number of amides is 1. The first-order valence-electron chi connectivity index (χ1n) is 7.72. The fraction of sp³-hybridized carbons (Fsp3) is 0.933. The van der Waals surface area contributed by atoms with Gasteiger partial charge >= 0.3 is 0 Å². The molecule has 18 heavy (non-hydrogen) atoms. The molecule has 2 unspecified atom stereocenters. The molecule has 2 saturated heterocycles. The van der Waals surface area contributed by atoms with Gasteiger partial charge in [0, 0.05) is 19.6 Å². The van der Waals surface area contributed by atoms with Crippen LogP contribution in [0.1, 0.15) is 52.4 Å². The predicted molar refractivity (Wildman–Crippen MR) is 74.4 cm³/mol. The molecule has 0 aliphatic carbocycles. The van der Waals surface area contributed by atoms with Crippen LogP contribution < -0.4 is 5.32 Å². The number of carbonyl (C=O) groups is 1. The number of hydrogen-bond donors (Lipinski definition) is 1. The Kier molecular flexibility index (Phi) is 4.66. The van der Waals surface area contributed by atoms with E-state index in [2.05, 4.69) is 24.1 Å². The third-order valence-electron chi connectivity index (χ3n) is 4.70. The molecule has 2 aliphatic rings. The maximum Gasteiger partial charge on any atom is 0.230 e. The van der Waals surface area contributed by atoms with Crippen LogP contribution in [-0.4, -0.2) is 37.0 Å². The lowest BCUT2D eigenvalue weighted by molar-refractivity contribution is -0.140. The average molecular weight is 252 g/mol. The van der Waals surface area contributed by atoms with Crippen molar-refractivity contribution in [2.75, 3.05) is 26.2 Å². The lowest BCUT2D eigenvalue weighted by Gasteiger charge is -2.31. The van der Waals surface area contributed by atoms with Gasteiger partial charge in [0.05, 0.1) is 5.41 Å². The van der Waals surface area contributed by atoms with E-state index in [4.69, 9.17) is 0 Å². The molecule has 0 radical (unpaired) electrons. The Morgan fingerprint density at radius 2 is 2.22 bits per heavy atom. The third-order valence-corrected chi connectivity index (χ3v) is 4.70. The number of likely N-dealkylation sites (tertiary alicyclic amines) is 1. The topological polar surface area (TPSA) is 32.3 Å². The monoisotopic (exact) mass is 252 g/mol. The first-order chi connectivity index (χ1) is 8.72. The van der Waals surface area contributed by atoms with Gasteiger partial charge in [0.2, 0.25) is 5.91 Å². The molecule has 104 valence electrons. The van der Waals surface area contributed by atoms with Crippen molar-refractivity contribution in [3.05, 3.63) is 0 Å². The molecule has 2 fully saturated rings. The van der Waals surface area contributed by atoms with Crippen molar-refractivity contribution in [2.24, 2.45) is 11.3 Å². The molecule has 2 rings (SSSR count). The van der Waals surface area contributed by atoms with Gasteiger partial charge in [-0.1, -0.05) is 26.7 Å². The Morgan fingerprint density at radius 1 is 1.39 bits per heavy atom. The molecule has 2 aliphatic heterocycles. The summed E-state index contributed by atoms with van der Waals surface area (Å²) in [5.41, 5.74) is -0.0736. The molecule has 0 aromatic carbocycles. The summed E-state index contributed by atoms with van der Waals surface area (Å²) in [5, 5.41) is 3.39. The van der Waals surface area contributed by atoms with E-state index in [1.807, 2.05) is 0 Å². The van der Waals surface area contributed by atoms with Crippen molar-refractivity contribution in [2.45, 2.75) is 52.4 Å². The molecular weight excluding hydrogens is 224 g/mol. The second-order valence-electron chi connectivity index (χ2n) is 6.15. The minimum Gasteiger partial charge on any atom is -0.342 e. The molecule has 0 aromatic rings. The fourth-order valence-corrected chi connectivity index (χ4v) is 3.72. The van der Waals surface area contributed by atoms with Gasteiger partial charge in [-0.25, -0.2) is 0 Å². The summed E-state index contributed by atoms with van der Waals surface area (Å²) in [7, 11) is 0. The zero-order chi connectivity index (χ0) is 13.0. The normalized spacial score (nSPS) is 32.1. The molecule has 0 saturated carbocycles. The van der Waals surface area contributed by atoms with Gasteiger partial charge in [0.15, 0.2) is 0 Å². The van der Waals surface area contributed by atoms with E-state index in [0.717, 1.165) is 51.4 Å². The van der Waals surface area contributed by atoms with E-state index in [-0.39, 0.29) is 5.41 Å². The highest BCUT2D eigenvalue weighted by Crippen LogP contribution is 2.35. The van der Waals surface area contributed by atoms with E-state index < -0.39 is 0 Å². The van der Waals surface area contributed by atoms with E-state index >= 15 is 0 Å².